The third-order valence-corrected chi connectivity index (χ3v) is 4.42. The van der Waals surface area contributed by atoms with Crippen LogP contribution >= 0.6 is 0 Å². The molecule has 0 saturated heterocycles. The largest absolute Gasteiger partial charge is 0.495 e. The average molecular weight is 348 g/mol. The van der Waals surface area contributed by atoms with Gasteiger partial charge < -0.3 is 20.5 Å². The molecule has 0 aromatic heterocycles. The molecule has 1 aromatic carbocycles. The monoisotopic (exact) mass is 348 g/mol. The molecule has 1 aliphatic rings. The number of carboxylic acids is 1. The highest BCUT2D eigenvalue weighted by Gasteiger charge is 2.17. The third kappa shape index (κ3) is 5.77. The number of hydrogen-bond acceptors (Lipinski definition) is 4. The molecule has 2 amide bonds. The van der Waals surface area contributed by atoms with Crippen LogP contribution in [0, 0.1) is 5.92 Å². The number of hydrogen-bond donors (Lipinski definition) is 3. The minimum Gasteiger partial charge on any atom is -0.495 e. The second kappa shape index (κ2) is 9.05. The van der Waals surface area contributed by atoms with E-state index >= 15 is 0 Å². The molecule has 1 aliphatic carbocycles. The van der Waals surface area contributed by atoms with Gasteiger partial charge in [-0.2, -0.15) is 0 Å². The number of nitrogens with one attached hydrogen (secondary N) is 2. The molecule has 1 fully saturated rings. The maximum Gasteiger partial charge on any atom is 0.335 e. The molecule has 3 N–H and O–H groups in total. The molecule has 136 valence electrons. The van der Waals surface area contributed by atoms with Gasteiger partial charge in [-0.25, -0.2) is 4.79 Å². The van der Waals surface area contributed by atoms with Gasteiger partial charge in [-0.1, -0.05) is 25.7 Å². The van der Waals surface area contributed by atoms with Crippen molar-refractivity contribution in [1.82, 2.24) is 5.32 Å². The second-order valence-electron chi connectivity index (χ2n) is 6.23. The van der Waals surface area contributed by atoms with Gasteiger partial charge in [0, 0.05) is 6.42 Å². The Kier molecular flexibility index (Phi) is 6.80. The lowest BCUT2D eigenvalue weighted by molar-refractivity contribution is -0.124. The Morgan fingerprint density at radius 3 is 2.56 bits per heavy atom. The fourth-order valence-electron chi connectivity index (χ4n) is 3.02. The predicted octanol–water partition coefficient (Wildman–Crippen LogP) is 2.42. The smallest absolute Gasteiger partial charge is 0.335 e. The number of aromatic carboxylic acids is 1. The molecule has 0 radical (unpaired) electrons. The summed E-state index contributed by atoms with van der Waals surface area (Å²) in [6, 6.07) is 4.17. The van der Waals surface area contributed by atoms with Gasteiger partial charge >= 0.3 is 5.97 Å². The van der Waals surface area contributed by atoms with Crippen LogP contribution in [0.5, 0.6) is 5.75 Å². The molecule has 2 rings (SSSR count). The van der Waals surface area contributed by atoms with E-state index in [0.717, 1.165) is 6.42 Å². The summed E-state index contributed by atoms with van der Waals surface area (Å²) in [6.07, 6.45) is 6.20. The number of carbonyl (C=O) groups excluding carboxylic acids is 2. The maximum atomic E-state index is 12.0. The summed E-state index contributed by atoms with van der Waals surface area (Å²) in [5.41, 5.74) is 0.424. The summed E-state index contributed by atoms with van der Waals surface area (Å²) >= 11 is 0. The van der Waals surface area contributed by atoms with E-state index in [-0.39, 0.29) is 23.8 Å². The SMILES string of the molecule is COc1cc(C(=O)O)ccc1NC(=O)CNC(=O)CCC1CCCC1. The van der Waals surface area contributed by atoms with E-state index in [2.05, 4.69) is 10.6 Å². The van der Waals surface area contributed by atoms with Crippen molar-refractivity contribution in [2.75, 3.05) is 19.0 Å². The summed E-state index contributed by atoms with van der Waals surface area (Å²) < 4.78 is 5.09. The fraction of sp³-hybridized carbons (Fsp3) is 0.500. The van der Waals surface area contributed by atoms with Crippen molar-refractivity contribution in [1.29, 1.82) is 0 Å². The zero-order valence-electron chi connectivity index (χ0n) is 14.3. The van der Waals surface area contributed by atoms with E-state index in [1.54, 1.807) is 0 Å². The van der Waals surface area contributed by atoms with Crippen LogP contribution < -0.4 is 15.4 Å². The summed E-state index contributed by atoms with van der Waals surface area (Å²) in [6.45, 7) is -0.132. The van der Waals surface area contributed by atoms with Crippen LogP contribution in [0.3, 0.4) is 0 Å². The fourth-order valence-corrected chi connectivity index (χ4v) is 3.02. The van der Waals surface area contributed by atoms with Crippen molar-refractivity contribution >= 4 is 23.5 Å². The van der Waals surface area contributed by atoms with Crippen molar-refractivity contribution in [3.63, 3.8) is 0 Å². The Morgan fingerprint density at radius 2 is 1.92 bits per heavy atom. The lowest BCUT2D eigenvalue weighted by Gasteiger charge is -2.12. The third-order valence-electron chi connectivity index (χ3n) is 4.42. The first-order valence-electron chi connectivity index (χ1n) is 8.47. The van der Waals surface area contributed by atoms with Gasteiger partial charge in [-0.15, -0.1) is 0 Å². The summed E-state index contributed by atoms with van der Waals surface area (Å²) in [7, 11) is 1.39. The zero-order valence-corrected chi connectivity index (χ0v) is 14.3. The molecule has 1 saturated carbocycles. The van der Waals surface area contributed by atoms with E-state index in [1.807, 2.05) is 0 Å². The van der Waals surface area contributed by atoms with E-state index in [1.165, 1.54) is 51.0 Å². The van der Waals surface area contributed by atoms with Crippen LogP contribution in [0.25, 0.3) is 0 Å². The number of anilines is 1. The van der Waals surface area contributed by atoms with Gasteiger partial charge in [-0.05, 0) is 30.5 Å². The normalized spacial score (nSPS) is 14.1. The van der Waals surface area contributed by atoms with Crippen LogP contribution in [-0.4, -0.2) is 36.5 Å². The minimum atomic E-state index is -1.08. The van der Waals surface area contributed by atoms with Crippen molar-refractivity contribution in [2.45, 2.75) is 38.5 Å². The van der Waals surface area contributed by atoms with Gasteiger partial charge in [0.25, 0.3) is 0 Å². The topological polar surface area (TPSA) is 105 Å². The molecule has 0 heterocycles. The van der Waals surface area contributed by atoms with E-state index < -0.39 is 11.9 Å². The Morgan fingerprint density at radius 1 is 1.20 bits per heavy atom. The van der Waals surface area contributed by atoms with Gasteiger partial charge in [0.05, 0.1) is 24.9 Å². The molecule has 0 atom stereocenters. The Hall–Kier alpha value is -2.57. The molecular formula is C18H24N2O5. The highest BCUT2D eigenvalue weighted by Crippen LogP contribution is 2.28. The molecule has 25 heavy (non-hydrogen) atoms. The highest BCUT2D eigenvalue weighted by molar-refractivity contribution is 5.97. The first kappa shape index (κ1) is 18.8. The van der Waals surface area contributed by atoms with Crippen LogP contribution in [0.15, 0.2) is 18.2 Å². The molecule has 0 spiro atoms. The number of rotatable bonds is 8. The van der Waals surface area contributed by atoms with Gasteiger partial charge in [0.1, 0.15) is 5.75 Å². The van der Waals surface area contributed by atoms with E-state index in [0.29, 0.717) is 18.0 Å². The lowest BCUT2D eigenvalue weighted by Crippen LogP contribution is -2.33. The summed E-state index contributed by atoms with van der Waals surface area (Å²) in [4.78, 5) is 34.7. The standard InChI is InChI=1S/C18H24N2O5/c1-25-15-10-13(18(23)24)7-8-14(15)20-17(22)11-19-16(21)9-6-12-4-2-3-5-12/h7-8,10,12H,2-6,9,11H2,1H3,(H,19,21)(H,20,22)(H,23,24). The van der Waals surface area contributed by atoms with Crippen LogP contribution in [0.2, 0.25) is 0 Å². The highest BCUT2D eigenvalue weighted by atomic mass is 16.5. The van der Waals surface area contributed by atoms with Crippen molar-refractivity contribution in [3.05, 3.63) is 23.8 Å². The summed E-state index contributed by atoms with van der Waals surface area (Å²) in [5, 5.41) is 14.2. The average Bonchev–Trinajstić information content (AvgIpc) is 3.11. The number of methoxy groups -OCH3 is 1. The number of amides is 2. The minimum absolute atomic E-state index is 0.0649. The Bertz CT molecular complexity index is 638. The van der Waals surface area contributed by atoms with Crippen molar-refractivity contribution in [3.8, 4) is 5.75 Å². The molecule has 0 aliphatic heterocycles. The van der Waals surface area contributed by atoms with Crippen molar-refractivity contribution in [2.24, 2.45) is 5.92 Å². The van der Waals surface area contributed by atoms with Crippen molar-refractivity contribution < 1.29 is 24.2 Å². The van der Waals surface area contributed by atoms with Crippen LogP contribution in [0.4, 0.5) is 5.69 Å². The van der Waals surface area contributed by atoms with Crippen LogP contribution in [0.1, 0.15) is 48.9 Å². The van der Waals surface area contributed by atoms with Gasteiger partial charge in [0.2, 0.25) is 11.8 Å². The quantitative estimate of drug-likeness (QED) is 0.669. The zero-order chi connectivity index (χ0) is 18.2. The molecule has 0 unspecified atom stereocenters. The Balaban J connectivity index is 1.79. The number of carbonyl (C=O) groups is 3. The number of benzene rings is 1. The molecule has 7 nitrogen and oxygen atoms in total. The first-order valence-corrected chi connectivity index (χ1v) is 8.47. The maximum absolute atomic E-state index is 12.0. The Labute approximate surface area is 146 Å². The summed E-state index contributed by atoms with van der Waals surface area (Å²) in [5.74, 6) is -0.714. The lowest BCUT2D eigenvalue weighted by atomic mass is 10.0. The van der Waals surface area contributed by atoms with E-state index in [9.17, 15) is 14.4 Å². The van der Waals surface area contributed by atoms with E-state index in [4.69, 9.17) is 9.84 Å². The van der Waals surface area contributed by atoms with Crippen LogP contribution in [-0.2, 0) is 9.59 Å². The molecule has 0 bridgehead atoms. The molecular weight excluding hydrogens is 324 g/mol. The first-order chi connectivity index (χ1) is 12.0. The molecule has 1 aromatic rings. The number of carboxylic acid groups (broad SMARTS) is 1. The predicted molar refractivity (Wildman–Crippen MR) is 92.8 cm³/mol. The second-order valence-corrected chi connectivity index (χ2v) is 6.23. The van der Waals surface area contributed by atoms with Gasteiger partial charge in [0.15, 0.2) is 0 Å². The number of ether oxygens (including phenoxy) is 1. The molecule has 7 heteroatoms. The van der Waals surface area contributed by atoms with Gasteiger partial charge in [-0.3, -0.25) is 9.59 Å².